The molecule has 132 valence electrons. The molecule has 4 rings (SSSR count). The molecule has 1 heteroatoms. The van der Waals surface area contributed by atoms with Crippen molar-refractivity contribution in [2.24, 2.45) is 11.8 Å². The van der Waals surface area contributed by atoms with Gasteiger partial charge >= 0.3 is 0 Å². The van der Waals surface area contributed by atoms with Gasteiger partial charge in [0.15, 0.2) is 0 Å². The summed E-state index contributed by atoms with van der Waals surface area (Å²) in [6.45, 7) is 2.11. The fraction of sp³-hybridized carbons (Fsp3) is 0.320. The van der Waals surface area contributed by atoms with Crippen molar-refractivity contribution in [3.8, 4) is 0 Å². The van der Waals surface area contributed by atoms with E-state index in [1.54, 1.807) is 0 Å². The third-order valence-electron chi connectivity index (χ3n) is 6.00. The molecule has 1 nitrogen and oxygen atoms in total. The van der Waals surface area contributed by atoms with Crippen LogP contribution in [0.15, 0.2) is 66.7 Å². The molecule has 0 aromatic heterocycles. The Morgan fingerprint density at radius 1 is 1.00 bits per heavy atom. The molecule has 0 amide bonds. The van der Waals surface area contributed by atoms with Gasteiger partial charge in [0.1, 0.15) is 0 Å². The van der Waals surface area contributed by atoms with Crippen molar-refractivity contribution >= 4 is 17.4 Å². The molecule has 2 saturated carbocycles. The highest BCUT2D eigenvalue weighted by molar-refractivity contribution is 5.91. The van der Waals surface area contributed by atoms with Crippen LogP contribution in [0, 0.1) is 17.2 Å². The van der Waals surface area contributed by atoms with E-state index in [9.17, 15) is 0 Å². The van der Waals surface area contributed by atoms with Crippen molar-refractivity contribution in [3.63, 3.8) is 0 Å². The van der Waals surface area contributed by atoms with Crippen LogP contribution in [0.5, 0.6) is 0 Å². The van der Waals surface area contributed by atoms with Crippen molar-refractivity contribution in [1.29, 1.82) is 5.41 Å². The molecule has 2 aliphatic rings. The first-order chi connectivity index (χ1) is 13.1. The van der Waals surface area contributed by atoms with E-state index in [1.807, 2.05) is 24.3 Å². The molecule has 1 N–H and O–H groups in total. The molecular formula is C25H27N. The summed E-state index contributed by atoms with van der Waals surface area (Å²) in [6, 6.07) is 18.9. The summed E-state index contributed by atoms with van der Waals surface area (Å²) in [4.78, 5) is 0. The van der Waals surface area contributed by atoms with Gasteiger partial charge in [0.05, 0.1) is 0 Å². The van der Waals surface area contributed by atoms with Gasteiger partial charge in [-0.15, -0.1) is 0 Å². The highest BCUT2D eigenvalue weighted by Gasteiger charge is 2.39. The van der Waals surface area contributed by atoms with Gasteiger partial charge in [0.25, 0.3) is 0 Å². The highest BCUT2D eigenvalue weighted by Crippen LogP contribution is 2.52. The zero-order valence-corrected chi connectivity index (χ0v) is 15.4. The fourth-order valence-corrected chi connectivity index (χ4v) is 4.62. The minimum absolute atomic E-state index is 0.386. The average molecular weight is 343 g/mol. The van der Waals surface area contributed by atoms with Gasteiger partial charge in [-0.05, 0) is 77.8 Å². The highest BCUT2D eigenvalue weighted by atomic mass is 14.4. The molecular weight excluding hydrogens is 314 g/mol. The molecule has 0 radical (unpaired) electrons. The maximum absolute atomic E-state index is 9.03. The molecule has 3 atom stereocenters. The van der Waals surface area contributed by atoms with Crippen LogP contribution in [0.1, 0.15) is 56.6 Å². The van der Waals surface area contributed by atoms with Crippen LogP contribution in [-0.4, -0.2) is 6.21 Å². The van der Waals surface area contributed by atoms with Crippen LogP contribution in [0.2, 0.25) is 0 Å². The summed E-state index contributed by atoms with van der Waals surface area (Å²) in [7, 11) is 0. The Labute approximate surface area is 158 Å². The standard InChI is InChI=1S/C25H27N/c1-18(20-5-3-2-4-6-20)15-23(13-14-26)21-9-11-22(12-10-21)25-17-19-7-8-24(25)16-19/h2-6,9-15,19,24-26H,7-8,16-17H2,1H3/b18-15+,23-13+,26-14?/i25D. The summed E-state index contributed by atoms with van der Waals surface area (Å²) in [6.07, 6.45) is 10.1. The Morgan fingerprint density at radius 3 is 2.38 bits per heavy atom. The number of hydrogen-bond acceptors (Lipinski definition) is 1. The van der Waals surface area contributed by atoms with E-state index in [0.29, 0.717) is 5.92 Å². The third kappa shape index (κ3) is 3.44. The van der Waals surface area contributed by atoms with E-state index in [-0.39, 0.29) is 5.89 Å². The van der Waals surface area contributed by atoms with E-state index >= 15 is 0 Å². The second kappa shape index (κ2) is 7.45. The quantitative estimate of drug-likeness (QED) is 0.460. The van der Waals surface area contributed by atoms with E-state index < -0.39 is 0 Å². The first-order valence-electron chi connectivity index (χ1n) is 10.2. The number of hydrogen-bond donors (Lipinski definition) is 1. The molecule has 2 aromatic rings. The summed E-state index contributed by atoms with van der Waals surface area (Å²) >= 11 is 0. The molecule has 0 saturated heterocycles. The molecule has 2 aromatic carbocycles. The molecule has 2 aliphatic carbocycles. The van der Waals surface area contributed by atoms with Crippen molar-refractivity contribution in [2.45, 2.75) is 38.5 Å². The van der Waals surface area contributed by atoms with Crippen molar-refractivity contribution < 1.29 is 1.37 Å². The van der Waals surface area contributed by atoms with Gasteiger partial charge in [-0.2, -0.15) is 0 Å². The van der Waals surface area contributed by atoms with Crippen LogP contribution in [-0.2, 0) is 0 Å². The third-order valence-corrected chi connectivity index (χ3v) is 6.00. The van der Waals surface area contributed by atoms with Gasteiger partial charge in [-0.25, -0.2) is 0 Å². The lowest BCUT2D eigenvalue weighted by Crippen LogP contribution is -2.08. The van der Waals surface area contributed by atoms with Gasteiger partial charge in [-0.3, -0.25) is 0 Å². The summed E-state index contributed by atoms with van der Waals surface area (Å²) < 4.78 is 9.03. The largest absolute Gasteiger partial charge is 0.309 e. The van der Waals surface area contributed by atoms with Crippen LogP contribution >= 0.6 is 0 Å². The lowest BCUT2D eigenvalue weighted by atomic mass is 9.83. The Bertz CT molecular complexity index is 878. The fourth-order valence-electron chi connectivity index (χ4n) is 4.62. The monoisotopic (exact) mass is 342 g/mol. The van der Waals surface area contributed by atoms with Gasteiger partial charge in [0, 0.05) is 7.59 Å². The minimum atomic E-state index is -0.386. The van der Waals surface area contributed by atoms with E-state index in [4.69, 9.17) is 6.78 Å². The Hall–Kier alpha value is -2.41. The van der Waals surface area contributed by atoms with Crippen molar-refractivity contribution in [1.82, 2.24) is 0 Å². The van der Waals surface area contributed by atoms with Crippen LogP contribution < -0.4 is 0 Å². The second-order valence-electron chi connectivity index (χ2n) is 7.66. The van der Waals surface area contributed by atoms with Gasteiger partial charge < -0.3 is 5.41 Å². The zero-order valence-electron chi connectivity index (χ0n) is 16.4. The summed E-state index contributed by atoms with van der Waals surface area (Å²) in [5, 5.41) is 7.54. The molecule has 3 unspecified atom stereocenters. The zero-order chi connectivity index (χ0) is 18.9. The molecule has 2 fully saturated rings. The molecule has 2 bridgehead atoms. The van der Waals surface area contributed by atoms with Crippen LogP contribution in [0.4, 0.5) is 0 Å². The summed E-state index contributed by atoms with van der Waals surface area (Å²) in [5.74, 6) is 0.907. The lowest BCUT2D eigenvalue weighted by Gasteiger charge is -2.22. The SMILES string of the molecule is [2H]C1(c2ccc(C(/C=C(\C)c3ccccc3)=C/C=N)cc2)CC2CCC1C2. The summed E-state index contributed by atoms with van der Waals surface area (Å²) in [5.41, 5.74) is 5.67. The number of fused-ring (bicyclic) bond motifs is 2. The van der Waals surface area contributed by atoms with E-state index in [2.05, 4.69) is 49.4 Å². The van der Waals surface area contributed by atoms with Gasteiger partial charge in [-0.1, -0.05) is 67.1 Å². The Kier molecular flexibility index (Phi) is 4.53. The maximum Gasteiger partial charge on any atom is 0.0355 e. The predicted octanol–water partition coefficient (Wildman–Crippen LogP) is 6.73. The van der Waals surface area contributed by atoms with Crippen LogP contribution in [0.3, 0.4) is 0 Å². The Morgan fingerprint density at radius 2 is 1.77 bits per heavy atom. The number of nitrogens with one attached hydrogen (secondary N) is 1. The lowest BCUT2D eigenvalue weighted by molar-refractivity contribution is 0.420. The molecule has 0 heterocycles. The van der Waals surface area contributed by atoms with E-state index in [1.165, 1.54) is 36.6 Å². The average Bonchev–Trinajstić information content (AvgIpc) is 3.29. The van der Waals surface area contributed by atoms with E-state index in [0.717, 1.165) is 29.0 Å². The normalized spacial score (nSPS) is 28.9. The first kappa shape index (κ1) is 15.8. The van der Waals surface area contributed by atoms with Gasteiger partial charge in [0.2, 0.25) is 0 Å². The molecule has 0 spiro atoms. The second-order valence-corrected chi connectivity index (χ2v) is 7.66. The number of allylic oxidation sites excluding steroid dienone is 4. The van der Waals surface area contributed by atoms with Crippen LogP contribution in [0.25, 0.3) is 11.1 Å². The topological polar surface area (TPSA) is 23.9 Å². The van der Waals surface area contributed by atoms with Crippen molar-refractivity contribution in [2.75, 3.05) is 0 Å². The Balaban J connectivity index is 1.61. The number of rotatable bonds is 5. The first-order valence-corrected chi connectivity index (χ1v) is 9.65. The molecule has 0 aliphatic heterocycles. The maximum atomic E-state index is 9.03. The molecule has 26 heavy (non-hydrogen) atoms. The van der Waals surface area contributed by atoms with Crippen molar-refractivity contribution in [3.05, 3.63) is 83.4 Å². The smallest absolute Gasteiger partial charge is 0.0355 e. The minimum Gasteiger partial charge on any atom is -0.309 e. The number of benzene rings is 2. The predicted molar refractivity (Wildman–Crippen MR) is 111 cm³/mol.